The topological polar surface area (TPSA) is 122 Å². The normalized spacial score (nSPS) is 15.1. The van der Waals surface area contributed by atoms with E-state index in [2.05, 4.69) is 5.32 Å². The number of halogens is 3. The van der Waals surface area contributed by atoms with Crippen LogP contribution >= 0.6 is 0 Å². The van der Waals surface area contributed by atoms with E-state index >= 15 is 0 Å². The minimum Gasteiger partial charge on any atom is -0.358 e. The van der Waals surface area contributed by atoms with Crippen molar-refractivity contribution in [2.45, 2.75) is 25.9 Å². The van der Waals surface area contributed by atoms with E-state index in [4.69, 9.17) is 0 Å². The summed E-state index contributed by atoms with van der Waals surface area (Å²) in [7, 11) is 0. The number of hydrogen-bond acceptors (Lipinski definition) is 7. The molecule has 1 fully saturated rings. The molecule has 166 valence electrons. The van der Waals surface area contributed by atoms with Gasteiger partial charge in [0.25, 0.3) is 11.4 Å². The van der Waals surface area contributed by atoms with Crippen LogP contribution in [0, 0.1) is 20.2 Å². The minimum absolute atomic E-state index is 0.0925. The van der Waals surface area contributed by atoms with Gasteiger partial charge in [-0.1, -0.05) is 13.3 Å². The standard InChI is InChI=1S/C17H22F3N5O5/c1-2-3-4-21-15(26)11-22-5-7-23(8-6-22)16-13(24(27)28)9-12(17(18,19)20)10-14(16)25(29)30/h9-10H,2-8,11H2,1H3,(H,21,26). The van der Waals surface area contributed by atoms with Gasteiger partial charge in [-0.25, -0.2) is 0 Å². The molecule has 0 unspecified atom stereocenters. The molecule has 0 saturated carbocycles. The minimum atomic E-state index is -4.96. The number of nitrogens with zero attached hydrogens (tertiary/aromatic N) is 4. The highest BCUT2D eigenvalue weighted by molar-refractivity contribution is 5.78. The van der Waals surface area contributed by atoms with Crippen LogP contribution in [-0.2, 0) is 11.0 Å². The number of piperazine rings is 1. The van der Waals surface area contributed by atoms with Crippen LogP contribution in [0.15, 0.2) is 12.1 Å². The summed E-state index contributed by atoms with van der Waals surface area (Å²) >= 11 is 0. The van der Waals surface area contributed by atoms with Crippen molar-refractivity contribution in [2.24, 2.45) is 0 Å². The summed E-state index contributed by atoms with van der Waals surface area (Å²) in [5.74, 6) is -0.177. The van der Waals surface area contributed by atoms with E-state index in [0.717, 1.165) is 12.8 Å². The fourth-order valence-electron chi connectivity index (χ4n) is 3.16. The first-order chi connectivity index (χ1) is 14.0. The van der Waals surface area contributed by atoms with E-state index in [1.807, 2.05) is 6.92 Å². The number of rotatable bonds is 8. The average molecular weight is 433 g/mol. The van der Waals surface area contributed by atoms with Crippen molar-refractivity contribution in [1.82, 2.24) is 10.2 Å². The molecule has 0 radical (unpaired) electrons. The van der Waals surface area contributed by atoms with Crippen LogP contribution in [0.2, 0.25) is 0 Å². The molecule has 0 bridgehead atoms. The summed E-state index contributed by atoms with van der Waals surface area (Å²) in [4.78, 5) is 35.7. The maximum atomic E-state index is 13.0. The van der Waals surface area contributed by atoms with Gasteiger partial charge in [-0.05, 0) is 6.42 Å². The summed E-state index contributed by atoms with van der Waals surface area (Å²) in [5, 5.41) is 25.5. The molecule has 1 aliphatic heterocycles. The SMILES string of the molecule is CCCCNC(=O)CN1CCN(c2c([N+](=O)[O-])cc(C(F)(F)F)cc2[N+](=O)[O-])CC1. The molecular formula is C17H22F3N5O5. The Morgan fingerprint density at radius 3 is 2.07 bits per heavy atom. The van der Waals surface area contributed by atoms with Crippen molar-refractivity contribution in [3.05, 3.63) is 37.9 Å². The number of nitro benzene ring substituents is 2. The number of benzene rings is 1. The Morgan fingerprint density at radius 1 is 1.10 bits per heavy atom. The number of hydrogen-bond donors (Lipinski definition) is 1. The number of nitrogens with one attached hydrogen (secondary N) is 1. The molecule has 1 aromatic rings. The molecule has 0 spiro atoms. The first kappa shape index (κ1) is 23.3. The quantitative estimate of drug-likeness (QED) is 0.380. The maximum Gasteiger partial charge on any atom is 0.416 e. The van der Waals surface area contributed by atoms with Gasteiger partial charge in [-0.2, -0.15) is 13.2 Å². The van der Waals surface area contributed by atoms with Crippen LogP contribution in [0.4, 0.5) is 30.2 Å². The van der Waals surface area contributed by atoms with Gasteiger partial charge in [-0.3, -0.25) is 29.9 Å². The molecule has 2 rings (SSSR count). The second-order valence-corrected chi connectivity index (χ2v) is 6.84. The molecule has 0 atom stereocenters. The zero-order chi connectivity index (χ0) is 22.5. The fraction of sp³-hybridized carbons (Fsp3) is 0.588. The predicted octanol–water partition coefficient (Wildman–Crippen LogP) is 2.56. The lowest BCUT2D eigenvalue weighted by Gasteiger charge is -2.35. The lowest BCUT2D eigenvalue weighted by molar-refractivity contribution is -0.393. The van der Waals surface area contributed by atoms with Gasteiger partial charge in [0, 0.05) is 44.9 Å². The molecule has 10 nitrogen and oxygen atoms in total. The lowest BCUT2D eigenvalue weighted by Crippen LogP contribution is -2.49. The van der Waals surface area contributed by atoms with Gasteiger partial charge >= 0.3 is 6.18 Å². The van der Waals surface area contributed by atoms with Gasteiger partial charge in [0.1, 0.15) is 0 Å². The van der Waals surface area contributed by atoms with E-state index in [-0.39, 0.29) is 38.6 Å². The lowest BCUT2D eigenvalue weighted by atomic mass is 10.1. The molecule has 0 aromatic heterocycles. The number of carbonyl (C=O) groups is 1. The van der Waals surface area contributed by atoms with E-state index in [1.54, 1.807) is 4.90 Å². The van der Waals surface area contributed by atoms with Crippen molar-refractivity contribution in [3.8, 4) is 0 Å². The summed E-state index contributed by atoms with van der Waals surface area (Å²) < 4.78 is 39.1. The van der Waals surface area contributed by atoms with Crippen molar-refractivity contribution in [2.75, 3.05) is 44.2 Å². The van der Waals surface area contributed by atoms with Crippen LogP contribution in [0.25, 0.3) is 0 Å². The Bertz CT molecular complexity index is 774. The largest absolute Gasteiger partial charge is 0.416 e. The van der Waals surface area contributed by atoms with E-state index in [0.29, 0.717) is 18.7 Å². The van der Waals surface area contributed by atoms with Gasteiger partial charge in [0.15, 0.2) is 5.69 Å². The molecule has 0 aliphatic carbocycles. The summed E-state index contributed by atoms with van der Waals surface area (Å²) in [6.07, 6.45) is -3.18. The van der Waals surface area contributed by atoms with Gasteiger partial charge in [0.2, 0.25) is 5.91 Å². The van der Waals surface area contributed by atoms with Crippen LogP contribution < -0.4 is 10.2 Å². The third kappa shape index (κ3) is 5.78. The molecular weight excluding hydrogens is 411 g/mol. The van der Waals surface area contributed by atoms with E-state index < -0.39 is 38.6 Å². The van der Waals surface area contributed by atoms with E-state index in [9.17, 15) is 38.2 Å². The van der Waals surface area contributed by atoms with Crippen molar-refractivity contribution < 1.29 is 27.8 Å². The highest BCUT2D eigenvalue weighted by Crippen LogP contribution is 2.43. The first-order valence-corrected chi connectivity index (χ1v) is 9.32. The third-order valence-corrected chi connectivity index (χ3v) is 4.70. The summed E-state index contributed by atoms with van der Waals surface area (Å²) in [6.45, 7) is 3.39. The molecule has 1 heterocycles. The summed E-state index contributed by atoms with van der Waals surface area (Å²) in [5.41, 5.74) is -3.85. The molecule has 1 amide bonds. The first-order valence-electron chi connectivity index (χ1n) is 9.32. The fourth-order valence-corrected chi connectivity index (χ4v) is 3.16. The number of alkyl halides is 3. The van der Waals surface area contributed by atoms with Crippen molar-refractivity contribution in [3.63, 3.8) is 0 Å². The highest BCUT2D eigenvalue weighted by atomic mass is 19.4. The molecule has 1 aromatic carbocycles. The molecule has 13 heteroatoms. The van der Waals surface area contributed by atoms with E-state index in [1.165, 1.54) is 4.90 Å². The number of anilines is 1. The highest BCUT2D eigenvalue weighted by Gasteiger charge is 2.39. The Balaban J connectivity index is 2.21. The van der Waals surface area contributed by atoms with Gasteiger partial charge < -0.3 is 10.2 Å². The average Bonchev–Trinajstić information content (AvgIpc) is 2.67. The Labute approximate surface area is 169 Å². The zero-order valence-electron chi connectivity index (χ0n) is 16.3. The number of nitro groups is 2. The van der Waals surface area contributed by atoms with Crippen LogP contribution in [0.3, 0.4) is 0 Å². The number of amides is 1. The van der Waals surface area contributed by atoms with Crippen LogP contribution in [-0.4, -0.2) is 59.9 Å². The Kier molecular flexibility index (Phi) is 7.54. The predicted molar refractivity (Wildman–Crippen MR) is 101 cm³/mol. The van der Waals surface area contributed by atoms with Gasteiger partial charge in [-0.15, -0.1) is 0 Å². The smallest absolute Gasteiger partial charge is 0.358 e. The number of carbonyl (C=O) groups excluding carboxylic acids is 1. The molecule has 1 saturated heterocycles. The Morgan fingerprint density at radius 2 is 1.63 bits per heavy atom. The molecule has 30 heavy (non-hydrogen) atoms. The van der Waals surface area contributed by atoms with Gasteiger partial charge in [0.05, 0.1) is 22.0 Å². The number of unbranched alkanes of at least 4 members (excludes halogenated alkanes) is 1. The summed E-state index contributed by atoms with van der Waals surface area (Å²) in [6, 6.07) is 0.631. The second-order valence-electron chi connectivity index (χ2n) is 6.84. The zero-order valence-corrected chi connectivity index (χ0v) is 16.3. The van der Waals surface area contributed by atoms with Crippen molar-refractivity contribution in [1.29, 1.82) is 0 Å². The maximum absolute atomic E-state index is 13.0. The Hall–Kier alpha value is -2.96. The monoisotopic (exact) mass is 433 g/mol. The van der Waals surface area contributed by atoms with Crippen molar-refractivity contribution >= 4 is 23.0 Å². The van der Waals surface area contributed by atoms with Crippen LogP contribution in [0.5, 0.6) is 0 Å². The van der Waals surface area contributed by atoms with Crippen LogP contribution in [0.1, 0.15) is 25.3 Å². The third-order valence-electron chi connectivity index (χ3n) is 4.70. The second kappa shape index (κ2) is 9.69. The molecule has 1 aliphatic rings. The molecule has 1 N–H and O–H groups in total.